The van der Waals surface area contributed by atoms with Gasteiger partial charge in [-0.15, -0.1) is 0 Å². The summed E-state index contributed by atoms with van der Waals surface area (Å²) < 4.78 is 0. The van der Waals surface area contributed by atoms with Gasteiger partial charge in [0.1, 0.15) is 6.04 Å². The van der Waals surface area contributed by atoms with Crippen LogP contribution in [-0.2, 0) is 9.59 Å². The van der Waals surface area contributed by atoms with E-state index in [1.165, 1.54) is 10.5 Å². The monoisotopic (exact) mass is 288 g/mol. The molecule has 1 atom stereocenters. The number of carbonyl (C=O) groups is 2. The van der Waals surface area contributed by atoms with Gasteiger partial charge in [-0.05, 0) is 43.9 Å². The Balaban J connectivity index is 2.18. The molecule has 1 aromatic carbocycles. The Kier molecular flexibility index (Phi) is 4.66. The van der Waals surface area contributed by atoms with Crippen molar-refractivity contribution < 1.29 is 9.59 Å². The van der Waals surface area contributed by atoms with E-state index >= 15 is 0 Å². The van der Waals surface area contributed by atoms with Gasteiger partial charge in [0.05, 0.1) is 6.42 Å². The summed E-state index contributed by atoms with van der Waals surface area (Å²) >= 11 is 0. The van der Waals surface area contributed by atoms with Gasteiger partial charge in [-0.3, -0.25) is 14.5 Å². The molecule has 4 nitrogen and oxygen atoms in total. The molecular weight excluding hydrogens is 264 g/mol. The molecule has 0 aliphatic carbocycles. The number of amides is 2. The Morgan fingerprint density at radius 2 is 1.90 bits per heavy atom. The summed E-state index contributed by atoms with van der Waals surface area (Å²) in [6, 6.07) is 5.55. The van der Waals surface area contributed by atoms with E-state index in [1.807, 2.05) is 45.9 Å². The second kappa shape index (κ2) is 6.29. The van der Waals surface area contributed by atoms with Crippen LogP contribution in [0, 0.1) is 13.8 Å². The number of nitrogens with one attached hydrogen (secondary N) is 1. The predicted octanol–water partition coefficient (Wildman–Crippen LogP) is 3.03. The van der Waals surface area contributed by atoms with E-state index in [0.29, 0.717) is 0 Å². The lowest BCUT2D eigenvalue weighted by molar-refractivity contribution is -0.141. The van der Waals surface area contributed by atoms with Gasteiger partial charge in [-0.1, -0.05) is 26.0 Å². The fourth-order valence-electron chi connectivity index (χ4n) is 2.90. The number of benzene rings is 1. The van der Waals surface area contributed by atoms with Crippen LogP contribution in [0.15, 0.2) is 18.2 Å². The summed E-state index contributed by atoms with van der Waals surface area (Å²) in [6.45, 7) is 8.09. The molecule has 4 heteroatoms. The van der Waals surface area contributed by atoms with Gasteiger partial charge < -0.3 is 5.32 Å². The maximum absolute atomic E-state index is 12.5. The lowest BCUT2D eigenvalue weighted by Gasteiger charge is -2.24. The molecule has 2 rings (SSSR count). The van der Waals surface area contributed by atoms with E-state index in [2.05, 4.69) is 5.32 Å². The highest BCUT2D eigenvalue weighted by Gasteiger charge is 2.41. The quantitative estimate of drug-likeness (QED) is 0.847. The highest BCUT2D eigenvalue weighted by Crippen LogP contribution is 2.25. The van der Waals surface area contributed by atoms with Crippen molar-refractivity contribution in [1.82, 2.24) is 4.90 Å². The summed E-state index contributed by atoms with van der Waals surface area (Å²) in [6.07, 6.45) is 1.87. The van der Waals surface area contributed by atoms with Crippen molar-refractivity contribution in [2.24, 2.45) is 0 Å². The SMILES string of the molecule is CCC(CC)N1C(=O)CC(Nc2cccc(C)c2C)C1=O. The van der Waals surface area contributed by atoms with Crippen molar-refractivity contribution >= 4 is 17.5 Å². The van der Waals surface area contributed by atoms with Crippen molar-refractivity contribution in [2.45, 2.75) is 59.0 Å². The summed E-state index contributed by atoms with van der Waals surface area (Å²) in [5.74, 6) is -0.147. The number of aryl methyl sites for hydroxylation is 1. The van der Waals surface area contributed by atoms with Crippen molar-refractivity contribution in [2.75, 3.05) is 5.32 Å². The average Bonchev–Trinajstić information content (AvgIpc) is 2.73. The van der Waals surface area contributed by atoms with Crippen LogP contribution >= 0.6 is 0 Å². The average molecular weight is 288 g/mol. The highest BCUT2D eigenvalue weighted by molar-refractivity contribution is 6.07. The predicted molar refractivity (Wildman–Crippen MR) is 84.2 cm³/mol. The van der Waals surface area contributed by atoms with Crippen LogP contribution in [-0.4, -0.2) is 28.8 Å². The standard InChI is InChI=1S/C17H24N2O2/c1-5-13(6-2)19-16(20)10-15(17(19)21)18-14-9-7-8-11(3)12(14)4/h7-9,13,15,18H,5-6,10H2,1-4H3. The summed E-state index contributed by atoms with van der Waals surface area (Å²) in [4.78, 5) is 26.1. The molecule has 2 amide bonds. The minimum absolute atomic E-state index is 0.0235. The molecule has 0 spiro atoms. The zero-order valence-electron chi connectivity index (χ0n) is 13.3. The van der Waals surface area contributed by atoms with Gasteiger partial charge in [0, 0.05) is 11.7 Å². The molecule has 0 saturated carbocycles. The molecule has 1 aliphatic heterocycles. The molecule has 21 heavy (non-hydrogen) atoms. The Hall–Kier alpha value is -1.84. The van der Waals surface area contributed by atoms with Crippen LogP contribution in [0.4, 0.5) is 5.69 Å². The molecule has 1 aliphatic rings. The maximum Gasteiger partial charge on any atom is 0.252 e. The summed E-state index contributed by atoms with van der Waals surface area (Å²) in [5.41, 5.74) is 3.24. The molecule has 0 aromatic heterocycles. The second-order valence-electron chi connectivity index (χ2n) is 5.72. The first kappa shape index (κ1) is 15.5. The van der Waals surface area contributed by atoms with Crippen LogP contribution in [0.3, 0.4) is 0 Å². The van der Waals surface area contributed by atoms with Crippen LogP contribution < -0.4 is 5.32 Å². The van der Waals surface area contributed by atoms with E-state index in [0.717, 1.165) is 24.1 Å². The molecule has 0 radical (unpaired) electrons. The largest absolute Gasteiger partial charge is 0.373 e. The van der Waals surface area contributed by atoms with Crippen molar-refractivity contribution in [3.8, 4) is 0 Å². The van der Waals surface area contributed by atoms with Gasteiger partial charge in [0.15, 0.2) is 0 Å². The zero-order valence-corrected chi connectivity index (χ0v) is 13.3. The van der Waals surface area contributed by atoms with Crippen molar-refractivity contribution in [1.29, 1.82) is 0 Å². The van der Waals surface area contributed by atoms with Gasteiger partial charge in [0.2, 0.25) is 5.91 Å². The number of rotatable bonds is 5. The number of anilines is 1. The second-order valence-corrected chi connectivity index (χ2v) is 5.72. The van der Waals surface area contributed by atoms with Crippen LogP contribution in [0.1, 0.15) is 44.2 Å². The Morgan fingerprint density at radius 3 is 2.52 bits per heavy atom. The van der Waals surface area contributed by atoms with Crippen LogP contribution in [0.2, 0.25) is 0 Å². The van der Waals surface area contributed by atoms with Crippen LogP contribution in [0.5, 0.6) is 0 Å². The first-order chi connectivity index (χ1) is 9.99. The van der Waals surface area contributed by atoms with Crippen LogP contribution in [0.25, 0.3) is 0 Å². The smallest absolute Gasteiger partial charge is 0.252 e. The lowest BCUT2D eigenvalue weighted by Crippen LogP contribution is -2.41. The fourth-order valence-corrected chi connectivity index (χ4v) is 2.90. The molecule has 1 fully saturated rings. The number of imide groups is 1. The first-order valence-corrected chi connectivity index (χ1v) is 7.68. The Labute approximate surface area is 126 Å². The van der Waals surface area contributed by atoms with Gasteiger partial charge >= 0.3 is 0 Å². The van der Waals surface area contributed by atoms with Gasteiger partial charge in [-0.2, -0.15) is 0 Å². The molecule has 1 unspecified atom stereocenters. The minimum atomic E-state index is -0.432. The maximum atomic E-state index is 12.5. The topological polar surface area (TPSA) is 49.4 Å². The van der Waals surface area contributed by atoms with Crippen molar-refractivity contribution in [3.05, 3.63) is 29.3 Å². The van der Waals surface area contributed by atoms with Crippen molar-refractivity contribution in [3.63, 3.8) is 0 Å². The normalized spacial score (nSPS) is 18.7. The lowest BCUT2D eigenvalue weighted by atomic mass is 10.1. The van der Waals surface area contributed by atoms with E-state index in [-0.39, 0.29) is 24.3 Å². The molecule has 1 heterocycles. The number of likely N-dealkylation sites (tertiary alicyclic amines) is 1. The minimum Gasteiger partial charge on any atom is -0.373 e. The molecule has 1 saturated heterocycles. The molecule has 0 bridgehead atoms. The van der Waals surface area contributed by atoms with E-state index < -0.39 is 6.04 Å². The summed E-state index contributed by atoms with van der Waals surface area (Å²) in [5, 5.41) is 3.25. The fraction of sp³-hybridized carbons (Fsp3) is 0.529. The third-order valence-electron chi connectivity index (χ3n) is 4.42. The first-order valence-electron chi connectivity index (χ1n) is 7.68. The highest BCUT2D eigenvalue weighted by atomic mass is 16.2. The molecule has 114 valence electrons. The third kappa shape index (κ3) is 2.94. The van der Waals surface area contributed by atoms with Gasteiger partial charge in [-0.25, -0.2) is 0 Å². The van der Waals surface area contributed by atoms with Gasteiger partial charge in [0.25, 0.3) is 5.91 Å². The Morgan fingerprint density at radius 1 is 1.24 bits per heavy atom. The Bertz CT molecular complexity index is 550. The molecular formula is C17H24N2O2. The van der Waals surface area contributed by atoms with E-state index in [9.17, 15) is 9.59 Å². The number of carbonyl (C=O) groups excluding carboxylic acids is 2. The zero-order chi connectivity index (χ0) is 15.6. The number of hydrogen-bond acceptors (Lipinski definition) is 3. The molecule has 1 aromatic rings. The molecule has 1 N–H and O–H groups in total. The number of hydrogen-bond donors (Lipinski definition) is 1. The van der Waals surface area contributed by atoms with E-state index in [1.54, 1.807) is 0 Å². The third-order valence-corrected chi connectivity index (χ3v) is 4.42. The van der Waals surface area contributed by atoms with E-state index in [4.69, 9.17) is 0 Å². The summed E-state index contributed by atoms with van der Waals surface area (Å²) in [7, 11) is 0. The number of nitrogens with zero attached hydrogens (tertiary/aromatic N) is 1.